The lowest BCUT2D eigenvalue weighted by molar-refractivity contribution is 0.0948. The maximum absolute atomic E-state index is 13.0. The highest BCUT2D eigenvalue weighted by Crippen LogP contribution is 2.30. The Morgan fingerprint density at radius 3 is 2.27 bits per heavy atom. The van der Waals surface area contributed by atoms with Crippen molar-refractivity contribution in [3.8, 4) is 5.69 Å². The second-order valence-electron chi connectivity index (χ2n) is 7.40. The lowest BCUT2D eigenvalue weighted by Crippen LogP contribution is -2.32. The van der Waals surface area contributed by atoms with Crippen molar-refractivity contribution in [2.24, 2.45) is 0 Å². The monoisotopic (exact) mass is 376 g/mol. The van der Waals surface area contributed by atoms with Crippen LogP contribution in [0.25, 0.3) is 5.69 Å². The molecule has 0 saturated heterocycles. The molecule has 26 heavy (non-hydrogen) atoms. The molecule has 0 fully saturated rings. The lowest BCUT2D eigenvalue weighted by Gasteiger charge is -2.14. The van der Waals surface area contributed by atoms with Gasteiger partial charge < -0.3 is 10.2 Å². The van der Waals surface area contributed by atoms with E-state index >= 15 is 0 Å². The van der Waals surface area contributed by atoms with Crippen molar-refractivity contribution in [3.63, 3.8) is 0 Å². The zero-order valence-corrected chi connectivity index (χ0v) is 17.3. The third-order valence-electron chi connectivity index (χ3n) is 4.18. The van der Waals surface area contributed by atoms with Crippen LogP contribution < -0.4 is 5.32 Å². The predicted molar refractivity (Wildman–Crippen MR) is 108 cm³/mol. The first-order chi connectivity index (χ1) is 12.2. The summed E-state index contributed by atoms with van der Waals surface area (Å²) in [4.78, 5) is 15.0. The Hall–Kier alpha value is -1.85. The van der Waals surface area contributed by atoms with E-state index in [0.29, 0.717) is 17.1 Å². The molecule has 0 radical (unpaired) electrons. The SMILES string of the molecule is CC(C)c1nn(-c2ccc(Cl)cc2)c(C(C)C)c1C(=O)NCCN(C)C. The lowest BCUT2D eigenvalue weighted by atomic mass is 9.98. The average molecular weight is 377 g/mol. The first-order valence-electron chi connectivity index (χ1n) is 9.04. The van der Waals surface area contributed by atoms with Crippen LogP contribution in [0.3, 0.4) is 0 Å². The van der Waals surface area contributed by atoms with Crippen molar-refractivity contribution in [1.29, 1.82) is 0 Å². The number of nitrogens with zero attached hydrogens (tertiary/aromatic N) is 3. The van der Waals surface area contributed by atoms with Gasteiger partial charge in [0.2, 0.25) is 0 Å². The molecular weight excluding hydrogens is 348 g/mol. The molecule has 0 atom stereocenters. The largest absolute Gasteiger partial charge is 0.351 e. The minimum Gasteiger partial charge on any atom is -0.351 e. The van der Waals surface area contributed by atoms with Gasteiger partial charge in [0, 0.05) is 18.1 Å². The molecule has 0 unspecified atom stereocenters. The van der Waals surface area contributed by atoms with Crippen LogP contribution in [0.2, 0.25) is 5.02 Å². The minimum atomic E-state index is -0.0561. The molecule has 0 aliphatic carbocycles. The molecule has 0 aliphatic rings. The zero-order valence-electron chi connectivity index (χ0n) is 16.5. The van der Waals surface area contributed by atoms with Gasteiger partial charge in [-0.3, -0.25) is 4.79 Å². The van der Waals surface area contributed by atoms with E-state index in [0.717, 1.165) is 23.6 Å². The molecule has 1 aromatic heterocycles. The Bertz CT molecular complexity index is 748. The van der Waals surface area contributed by atoms with Crippen molar-refractivity contribution < 1.29 is 4.79 Å². The van der Waals surface area contributed by atoms with E-state index < -0.39 is 0 Å². The first-order valence-corrected chi connectivity index (χ1v) is 9.41. The Labute approximate surface area is 161 Å². The van der Waals surface area contributed by atoms with E-state index in [-0.39, 0.29) is 17.7 Å². The number of nitrogens with one attached hydrogen (secondary N) is 1. The van der Waals surface area contributed by atoms with E-state index in [2.05, 4.69) is 33.0 Å². The van der Waals surface area contributed by atoms with Gasteiger partial charge >= 0.3 is 0 Å². The molecule has 0 bridgehead atoms. The Morgan fingerprint density at radius 2 is 1.77 bits per heavy atom. The Balaban J connectivity index is 2.51. The second-order valence-corrected chi connectivity index (χ2v) is 7.84. The fraction of sp³-hybridized carbons (Fsp3) is 0.500. The van der Waals surface area contributed by atoms with Crippen molar-refractivity contribution in [1.82, 2.24) is 20.0 Å². The van der Waals surface area contributed by atoms with Gasteiger partial charge in [-0.1, -0.05) is 39.3 Å². The third kappa shape index (κ3) is 4.65. The molecule has 1 aromatic carbocycles. The first kappa shape index (κ1) is 20.5. The van der Waals surface area contributed by atoms with Crippen molar-refractivity contribution in [3.05, 3.63) is 46.2 Å². The molecule has 1 amide bonds. The van der Waals surface area contributed by atoms with Gasteiger partial charge in [0.05, 0.1) is 22.6 Å². The van der Waals surface area contributed by atoms with Crippen LogP contribution in [-0.4, -0.2) is 47.8 Å². The van der Waals surface area contributed by atoms with Crippen molar-refractivity contribution in [2.75, 3.05) is 27.2 Å². The molecule has 0 saturated carbocycles. The van der Waals surface area contributed by atoms with Crippen LogP contribution in [0.15, 0.2) is 24.3 Å². The molecule has 0 spiro atoms. The Kier molecular flexibility index (Phi) is 6.84. The van der Waals surface area contributed by atoms with Crippen LogP contribution in [0.4, 0.5) is 0 Å². The topological polar surface area (TPSA) is 50.2 Å². The number of likely N-dealkylation sites (N-methyl/N-ethyl adjacent to an activating group) is 1. The fourth-order valence-electron chi connectivity index (χ4n) is 2.88. The standard InChI is InChI=1S/C20H29ClN4O/c1-13(2)18-17(20(26)22-11-12-24(5)6)19(14(3)4)25(23-18)16-9-7-15(21)8-10-16/h7-10,13-14H,11-12H2,1-6H3,(H,22,26). The van der Waals surface area contributed by atoms with E-state index in [1.807, 2.05) is 47.9 Å². The van der Waals surface area contributed by atoms with Crippen LogP contribution in [0, 0.1) is 0 Å². The maximum atomic E-state index is 13.0. The summed E-state index contributed by atoms with van der Waals surface area (Å²) < 4.78 is 1.89. The van der Waals surface area contributed by atoms with Gasteiger partial charge in [-0.2, -0.15) is 5.10 Å². The summed E-state index contributed by atoms with van der Waals surface area (Å²) in [6.07, 6.45) is 0. The van der Waals surface area contributed by atoms with Gasteiger partial charge in [-0.05, 0) is 50.2 Å². The highest BCUT2D eigenvalue weighted by atomic mass is 35.5. The highest BCUT2D eigenvalue weighted by Gasteiger charge is 2.27. The molecule has 5 nitrogen and oxygen atoms in total. The Morgan fingerprint density at radius 1 is 1.15 bits per heavy atom. The summed E-state index contributed by atoms with van der Waals surface area (Å²) in [6, 6.07) is 7.54. The predicted octanol–water partition coefficient (Wildman–Crippen LogP) is 4.06. The highest BCUT2D eigenvalue weighted by molar-refractivity contribution is 6.30. The number of hydrogen-bond donors (Lipinski definition) is 1. The summed E-state index contributed by atoms with van der Waals surface area (Å²) in [7, 11) is 3.98. The smallest absolute Gasteiger partial charge is 0.255 e. The molecule has 6 heteroatoms. The number of aromatic nitrogens is 2. The molecule has 2 rings (SSSR count). The van der Waals surface area contributed by atoms with E-state index in [1.54, 1.807) is 0 Å². The second kappa shape index (κ2) is 8.69. The van der Waals surface area contributed by atoms with Gasteiger partial charge in [-0.25, -0.2) is 4.68 Å². The molecular formula is C20H29ClN4O. The van der Waals surface area contributed by atoms with Crippen LogP contribution in [0.1, 0.15) is 61.3 Å². The zero-order chi connectivity index (χ0) is 19.4. The third-order valence-corrected chi connectivity index (χ3v) is 4.44. The number of rotatable bonds is 7. The number of hydrogen-bond acceptors (Lipinski definition) is 3. The normalized spacial score (nSPS) is 11.6. The van der Waals surface area contributed by atoms with Crippen LogP contribution >= 0.6 is 11.6 Å². The van der Waals surface area contributed by atoms with Gasteiger partial charge in [0.15, 0.2) is 0 Å². The van der Waals surface area contributed by atoms with E-state index in [9.17, 15) is 4.79 Å². The minimum absolute atomic E-state index is 0.0561. The molecule has 2 aromatic rings. The quantitative estimate of drug-likeness (QED) is 0.792. The molecule has 0 aliphatic heterocycles. The number of carbonyl (C=O) groups is 1. The summed E-state index contributed by atoms with van der Waals surface area (Å²) in [6.45, 7) is 9.71. The van der Waals surface area contributed by atoms with Crippen molar-refractivity contribution >= 4 is 17.5 Å². The summed E-state index contributed by atoms with van der Waals surface area (Å²) in [5.74, 6) is 0.246. The van der Waals surface area contributed by atoms with E-state index in [4.69, 9.17) is 16.7 Å². The number of carbonyl (C=O) groups excluding carboxylic acids is 1. The molecule has 1 heterocycles. The van der Waals surface area contributed by atoms with Gasteiger partial charge in [0.1, 0.15) is 0 Å². The maximum Gasteiger partial charge on any atom is 0.255 e. The fourth-order valence-corrected chi connectivity index (χ4v) is 3.01. The number of halogens is 1. The molecule has 1 N–H and O–H groups in total. The molecule has 142 valence electrons. The van der Waals surface area contributed by atoms with Crippen LogP contribution in [0.5, 0.6) is 0 Å². The average Bonchev–Trinajstić information content (AvgIpc) is 2.96. The van der Waals surface area contributed by atoms with Crippen molar-refractivity contribution in [2.45, 2.75) is 39.5 Å². The number of benzene rings is 1. The van der Waals surface area contributed by atoms with Gasteiger partial charge in [0.25, 0.3) is 5.91 Å². The summed E-state index contributed by atoms with van der Waals surface area (Å²) in [5, 5.41) is 8.52. The van der Waals surface area contributed by atoms with E-state index in [1.165, 1.54) is 0 Å². The summed E-state index contributed by atoms with van der Waals surface area (Å²) in [5.41, 5.74) is 3.36. The summed E-state index contributed by atoms with van der Waals surface area (Å²) >= 11 is 6.02. The van der Waals surface area contributed by atoms with Gasteiger partial charge in [-0.15, -0.1) is 0 Å². The number of amides is 1. The van der Waals surface area contributed by atoms with Crippen LogP contribution in [-0.2, 0) is 0 Å².